The molecule has 0 aliphatic carbocycles. The van der Waals surface area contributed by atoms with E-state index in [9.17, 15) is 28.1 Å². The first-order valence-corrected chi connectivity index (χ1v) is 7.62. The highest BCUT2D eigenvalue weighted by Crippen LogP contribution is 2.14. The minimum atomic E-state index is -3.79. The second-order valence-corrected chi connectivity index (χ2v) is 6.33. The second-order valence-electron chi connectivity index (χ2n) is 4.15. The summed E-state index contributed by atoms with van der Waals surface area (Å²) in [6.45, 7) is 0. The van der Waals surface area contributed by atoms with E-state index in [-0.39, 0.29) is 17.7 Å². The number of nitrogens with zero attached hydrogens (tertiary/aromatic N) is 1. The third-order valence-electron chi connectivity index (χ3n) is 2.57. The molecule has 1 rings (SSSR count). The molecule has 0 spiro atoms. The van der Waals surface area contributed by atoms with Crippen molar-refractivity contribution in [3.8, 4) is 0 Å². The molecule has 0 aliphatic heterocycles. The molecule has 0 aromatic heterocycles. The Labute approximate surface area is 120 Å². The van der Waals surface area contributed by atoms with Crippen LogP contribution in [0.1, 0.15) is 16.8 Å². The molecule has 1 aromatic rings. The van der Waals surface area contributed by atoms with E-state index in [4.69, 9.17) is 0 Å². The Balaban J connectivity index is 2.78. The van der Waals surface area contributed by atoms with Gasteiger partial charge in [0.25, 0.3) is 5.69 Å². The summed E-state index contributed by atoms with van der Waals surface area (Å²) in [6.07, 6.45) is -0.346. The first kappa shape index (κ1) is 16.8. The van der Waals surface area contributed by atoms with Crippen LogP contribution < -0.4 is 0 Å². The van der Waals surface area contributed by atoms with Crippen molar-refractivity contribution < 1.29 is 27.7 Å². The first-order chi connectivity index (χ1) is 9.75. The lowest BCUT2D eigenvalue weighted by Gasteiger charge is -2.03. The molecule has 9 heteroatoms. The van der Waals surface area contributed by atoms with E-state index in [1.807, 2.05) is 0 Å². The number of hydrogen-bond donors (Lipinski definition) is 0. The van der Waals surface area contributed by atoms with Gasteiger partial charge in [-0.05, 0) is 0 Å². The minimum Gasteiger partial charge on any atom is -0.469 e. The molecule has 0 heterocycles. The molecule has 0 saturated carbocycles. The smallest absolute Gasteiger partial charge is 0.306 e. The number of methoxy groups -OCH3 is 1. The van der Waals surface area contributed by atoms with E-state index in [0.717, 1.165) is 13.2 Å². The van der Waals surface area contributed by atoms with Gasteiger partial charge in [0.05, 0.1) is 24.2 Å². The summed E-state index contributed by atoms with van der Waals surface area (Å²) in [7, 11) is -2.66. The Kier molecular flexibility index (Phi) is 5.53. The van der Waals surface area contributed by atoms with Crippen LogP contribution >= 0.6 is 0 Å². The van der Waals surface area contributed by atoms with Gasteiger partial charge in [-0.2, -0.15) is 0 Å². The molecule has 8 nitrogen and oxygen atoms in total. The maximum Gasteiger partial charge on any atom is 0.306 e. The van der Waals surface area contributed by atoms with Crippen molar-refractivity contribution in [3.05, 3.63) is 39.9 Å². The highest BCUT2D eigenvalue weighted by molar-refractivity contribution is 7.92. The zero-order chi connectivity index (χ0) is 16.0. The number of sulfone groups is 1. The number of esters is 1. The third-order valence-corrected chi connectivity index (χ3v) is 4.10. The summed E-state index contributed by atoms with van der Waals surface area (Å²) in [5, 5.41) is 10.6. The Hall–Kier alpha value is -2.29. The number of rotatable bonds is 7. The molecular formula is C12H13NO7S. The van der Waals surface area contributed by atoms with Gasteiger partial charge in [0.2, 0.25) is 0 Å². The maximum absolute atomic E-state index is 11.8. The predicted octanol–water partition coefficient (Wildman–Crippen LogP) is 0.755. The Morgan fingerprint density at radius 2 is 2.00 bits per heavy atom. The second kappa shape index (κ2) is 6.93. The molecule has 0 amide bonds. The van der Waals surface area contributed by atoms with Gasteiger partial charge < -0.3 is 4.74 Å². The monoisotopic (exact) mass is 315 g/mol. The first-order valence-electron chi connectivity index (χ1n) is 5.80. The standard InChI is InChI=1S/C12H13NO7S/c1-20-12(15)5-6-21(18,19)8-11(14)9-3-2-4-10(7-9)13(16)17/h2-4,7H,5-6,8H2,1H3. The number of ether oxygens (including phenoxy) is 1. The van der Waals surface area contributed by atoms with Gasteiger partial charge in [0, 0.05) is 17.7 Å². The number of non-ortho nitro benzene ring substituents is 1. The molecule has 0 saturated heterocycles. The van der Waals surface area contributed by atoms with E-state index in [1.165, 1.54) is 18.2 Å². The van der Waals surface area contributed by atoms with Crippen LogP contribution in [0.4, 0.5) is 5.69 Å². The summed E-state index contributed by atoms with van der Waals surface area (Å²) >= 11 is 0. The van der Waals surface area contributed by atoms with Crippen LogP contribution in [0, 0.1) is 10.1 Å². The van der Waals surface area contributed by atoms with Gasteiger partial charge in [-0.25, -0.2) is 8.42 Å². The van der Waals surface area contributed by atoms with Crippen LogP contribution in [0.3, 0.4) is 0 Å². The van der Waals surface area contributed by atoms with Crippen LogP contribution in [0.15, 0.2) is 24.3 Å². The van der Waals surface area contributed by atoms with Crippen molar-refractivity contribution in [2.45, 2.75) is 6.42 Å². The fourth-order valence-corrected chi connectivity index (χ4v) is 2.68. The number of nitro benzene ring substituents is 1. The van der Waals surface area contributed by atoms with E-state index in [0.29, 0.717) is 0 Å². The van der Waals surface area contributed by atoms with Crippen LogP contribution in [-0.2, 0) is 19.4 Å². The molecule has 1 aromatic carbocycles. The van der Waals surface area contributed by atoms with Crippen LogP contribution in [0.5, 0.6) is 0 Å². The number of hydrogen-bond acceptors (Lipinski definition) is 7. The number of benzene rings is 1. The van der Waals surface area contributed by atoms with Gasteiger partial charge in [-0.15, -0.1) is 0 Å². The van der Waals surface area contributed by atoms with Gasteiger partial charge in [-0.1, -0.05) is 12.1 Å². The van der Waals surface area contributed by atoms with Crippen LogP contribution in [0.2, 0.25) is 0 Å². The fourth-order valence-electron chi connectivity index (χ4n) is 1.49. The Bertz CT molecular complexity index is 666. The fraction of sp³-hybridized carbons (Fsp3) is 0.333. The number of nitro groups is 1. The predicted molar refractivity (Wildman–Crippen MR) is 72.7 cm³/mol. The van der Waals surface area contributed by atoms with Crippen molar-refractivity contribution in [2.24, 2.45) is 0 Å². The maximum atomic E-state index is 11.8. The molecule has 0 unspecified atom stereocenters. The normalized spacial score (nSPS) is 10.9. The number of carbonyl (C=O) groups excluding carboxylic acids is 2. The van der Waals surface area contributed by atoms with Crippen molar-refractivity contribution in [1.29, 1.82) is 0 Å². The van der Waals surface area contributed by atoms with E-state index < -0.39 is 38.0 Å². The summed E-state index contributed by atoms with van der Waals surface area (Å²) in [5.41, 5.74) is -0.362. The minimum absolute atomic E-state index is 0.0640. The summed E-state index contributed by atoms with van der Waals surface area (Å²) in [4.78, 5) is 32.6. The van der Waals surface area contributed by atoms with Gasteiger partial charge in [0.1, 0.15) is 5.75 Å². The van der Waals surface area contributed by atoms with Gasteiger partial charge >= 0.3 is 5.97 Å². The largest absolute Gasteiger partial charge is 0.469 e. The lowest BCUT2D eigenvalue weighted by Crippen LogP contribution is -2.21. The Morgan fingerprint density at radius 1 is 1.33 bits per heavy atom. The van der Waals surface area contributed by atoms with Gasteiger partial charge in [0.15, 0.2) is 15.6 Å². The highest BCUT2D eigenvalue weighted by atomic mass is 32.2. The quantitative estimate of drug-likeness (QED) is 0.315. The lowest BCUT2D eigenvalue weighted by molar-refractivity contribution is -0.384. The molecule has 0 radical (unpaired) electrons. The molecule has 0 aliphatic rings. The number of Topliss-reactive ketones (excluding diaryl/α,β-unsaturated/α-hetero) is 1. The van der Waals surface area contributed by atoms with Crippen LogP contribution in [-0.4, -0.2) is 43.7 Å². The lowest BCUT2D eigenvalue weighted by atomic mass is 10.1. The summed E-state index contributed by atoms with van der Waals surface area (Å²) < 4.78 is 27.7. The molecule has 0 bridgehead atoms. The van der Waals surface area contributed by atoms with Crippen molar-refractivity contribution in [1.82, 2.24) is 0 Å². The SMILES string of the molecule is COC(=O)CCS(=O)(=O)CC(=O)c1cccc([N+](=O)[O-])c1. The molecule has 0 N–H and O–H groups in total. The zero-order valence-corrected chi connectivity index (χ0v) is 12.0. The number of ketones is 1. The van der Waals surface area contributed by atoms with E-state index in [2.05, 4.69) is 4.74 Å². The number of carbonyl (C=O) groups is 2. The topological polar surface area (TPSA) is 121 Å². The molecule has 114 valence electrons. The van der Waals surface area contributed by atoms with E-state index >= 15 is 0 Å². The molecule has 21 heavy (non-hydrogen) atoms. The average molecular weight is 315 g/mol. The van der Waals surface area contributed by atoms with Crippen LogP contribution in [0.25, 0.3) is 0 Å². The Morgan fingerprint density at radius 3 is 2.57 bits per heavy atom. The third kappa shape index (κ3) is 5.30. The van der Waals surface area contributed by atoms with Crippen molar-refractivity contribution in [3.63, 3.8) is 0 Å². The highest BCUT2D eigenvalue weighted by Gasteiger charge is 2.20. The zero-order valence-electron chi connectivity index (χ0n) is 11.1. The summed E-state index contributed by atoms with van der Waals surface area (Å²) in [5.74, 6) is -2.78. The van der Waals surface area contributed by atoms with Gasteiger partial charge in [-0.3, -0.25) is 19.7 Å². The molecule has 0 fully saturated rings. The van der Waals surface area contributed by atoms with E-state index in [1.54, 1.807) is 0 Å². The van der Waals surface area contributed by atoms with Crippen molar-refractivity contribution in [2.75, 3.05) is 18.6 Å². The molecule has 0 atom stereocenters. The van der Waals surface area contributed by atoms with Crippen molar-refractivity contribution >= 4 is 27.3 Å². The summed E-state index contributed by atoms with van der Waals surface area (Å²) in [6, 6.07) is 4.80. The average Bonchev–Trinajstić information content (AvgIpc) is 2.44. The molecular weight excluding hydrogens is 302 g/mol.